The van der Waals surface area contributed by atoms with Crippen molar-refractivity contribution in [1.82, 2.24) is 4.90 Å². The zero-order valence-electron chi connectivity index (χ0n) is 10.5. The average Bonchev–Trinajstić information content (AvgIpc) is 2.29. The topological polar surface area (TPSA) is 20.3 Å². The largest absolute Gasteiger partial charge is 0.303 e. The predicted octanol–water partition coefficient (Wildman–Crippen LogP) is 2.87. The molecule has 0 heterocycles. The Morgan fingerprint density at radius 2 is 1.93 bits per heavy atom. The molecule has 1 atom stereocenters. The van der Waals surface area contributed by atoms with E-state index in [4.69, 9.17) is 0 Å². The van der Waals surface area contributed by atoms with Crippen LogP contribution < -0.4 is 0 Å². The molecule has 0 aromatic carbocycles. The van der Waals surface area contributed by atoms with Crippen LogP contribution in [0.4, 0.5) is 0 Å². The van der Waals surface area contributed by atoms with Crippen LogP contribution in [0.5, 0.6) is 0 Å². The van der Waals surface area contributed by atoms with Gasteiger partial charge in [-0.2, -0.15) is 0 Å². The van der Waals surface area contributed by atoms with Gasteiger partial charge >= 0.3 is 0 Å². The summed E-state index contributed by atoms with van der Waals surface area (Å²) in [6, 6.07) is 0.587. The summed E-state index contributed by atoms with van der Waals surface area (Å²) in [6.45, 7) is 5.39. The number of carbonyl (C=O) groups is 1. The normalized spacial score (nSPS) is 22.7. The summed E-state index contributed by atoms with van der Waals surface area (Å²) in [7, 11) is 2.15. The van der Waals surface area contributed by atoms with Gasteiger partial charge in [0.15, 0.2) is 0 Å². The molecule has 0 spiro atoms. The van der Waals surface area contributed by atoms with Crippen LogP contribution in [0, 0.1) is 5.41 Å². The maximum Gasteiger partial charge on any atom is 0.127 e. The predicted molar refractivity (Wildman–Crippen MR) is 64.0 cm³/mol. The summed E-state index contributed by atoms with van der Waals surface area (Å²) in [4.78, 5) is 13.6. The van der Waals surface area contributed by atoms with Crippen molar-refractivity contribution in [3.05, 3.63) is 0 Å². The van der Waals surface area contributed by atoms with Gasteiger partial charge in [0.2, 0.25) is 0 Å². The minimum Gasteiger partial charge on any atom is -0.303 e. The van der Waals surface area contributed by atoms with Crippen LogP contribution in [-0.2, 0) is 4.79 Å². The van der Waals surface area contributed by atoms with E-state index in [9.17, 15) is 4.79 Å². The van der Waals surface area contributed by atoms with Crippen LogP contribution in [0.1, 0.15) is 52.4 Å². The summed E-state index contributed by atoms with van der Waals surface area (Å²) < 4.78 is 0. The van der Waals surface area contributed by atoms with Gasteiger partial charge in [0.1, 0.15) is 6.29 Å². The summed E-state index contributed by atoms with van der Waals surface area (Å²) in [6.07, 6.45) is 8.34. The molecule has 1 saturated carbocycles. The standard InChI is InChI=1S/C13H25NO/c1-4-12(2)14(3)10-13(11-15)8-6-5-7-9-13/h11-12H,4-10H2,1-3H3. The maximum absolute atomic E-state index is 11.3. The lowest BCUT2D eigenvalue weighted by Gasteiger charge is -2.37. The maximum atomic E-state index is 11.3. The number of nitrogens with zero attached hydrogens (tertiary/aromatic N) is 1. The van der Waals surface area contributed by atoms with E-state index in [1.165, 1.54) is 25.5 Å². The van der Waals surface area contributed by atoms with Crippen molar-refractivity contribution < 1.29 is 4.79 Å². The van der Waals surface area contributed by atoms with Crippen molar-refractivity contribution >= 4 is 6.29 Å². The molecule has 1 aliphatic carbocycles. The first-order valence-electron chi connectivity index (χ1n) is 6.30. The number of aldehydes is 1. The van der Waals surface area contributed by atoms with Crippen molar-refractivity contribution in [2.24, 2.45) is 5.41 Å². The van der Waals surface area contributed by atoms with Gasteiger partial charge in [0.25, 0.3) is 0 Å². The summed E-state index contributed by atoms with van der Waals surface area (Å²) in [5, 5.41) is 0. The fourth-order valence-corrected chi connectivity index (χ4v) is 2.53. The van der Waals surface area contributed by atoms with Gasteiger partial charge in [-0.05, 0) is 33.2 Å². The van der Waals surface area contributed by atoms with Gasteiger partial charge in [0, 0.05) is 18.0 Å². The molecule has 0 N–H and O–H groups in total. The molecule has 88 valence electrons. The van der Waals surface area contributed by atoms with Gasteiger partial charge in [0.05, 0.1) is 0 Å². The van der Waals surface area contributed by atoms with Gasteiger partial charge in [-0.15, -0.1) is 0 Å². The SMILES string of the molecule is CCC(C)N(C)CC1(C=O)CCCCC1. The quantitative estimate of drug-likeness (QED) is 0.652. The molecule has 15 heavy (non-hydrogen) atoms. The van der Waals surface area contributed by atoms with Gasteiger partial charge in [-0.25, -0.2) is 0 Å². The molecule has 2 nitrogen and oxygen atoms in total. The second-order valence-electron chi connectivity index (χ2n) is 5.21. The average molecular weight is 211 g/mol. The first-order chi connectivity index (χ1) is 7.13. The van der Waals surface area contributed by atoms with E-state index in [0.29, 0.717) is 6.04 Å². The van der Waals surface area contributed by atoms with Crippen molar-refractivity contribution in [2.75, 3.05) is 13.6 Å². The third-order valence-corrected chi connectivity index (χ3v) is 4.01. The van der Waals surface area contributed by atoms with Crippen LogP contribution in [-0.4, -0.2) is 30.8 Å². The smallest absolute Gasteiger partial charge is 0.127 e. The Morgan fingerprint density at radius 3 is 2.40 bits per heavy atom. The summed E-state index contributed by atoms with van der Waals surface area (Å²) in [5.74, 6) is 0. The summed E-state index contributed by atoms with van der Waals surface area (Å²) in [5.41, 5.74) is -0.0313. The molecule has 0 radical (unpaired) electrons. The van der Waals surface area contributed by atoms with E-state index in [-0.39, 0.29) is 5.41 Å². The zero-order valence-corrected chi connectivity index (χ0v) is 10.5. The monoisotopic (exact) mass is 211 g/mol. The third kappa shape index (κ3) is 3.30. The van der Waals surface area contributed by atoms with Crippen molar-refractivity contribution in [1.29, 1.82) is 0 Å². The fraction of sp³-hybridized carbons (Fsp3) is 0.923. The highest BCUT2D eigenvalue weighted by Gasteiger charge is 2.33. The van der Waals surface area contributed by atoms with Crippen molar-refractivity contribution in [2.45, 2.75) is 58.4 Å². The van der Waals surface area contributed by atoms with Crippen LogP contribution in [0.15, 0.2) is 0 Å². The van der Waals surface area contributed by atoms with E-state index < -0.39 is 0 Å². The van der Waals surface area contributed by atoms with E-state index in [1.807, 2.05) is 0 Å². The number of hydrogen-bond acceptors (Lipinski definition) is 2. The van der Waals surface area contributed by atoms with E-state index in [2.05, 4.69) is 25.8 Å². The van der Waals surface area contributed by atoms with Crippen LogP contribution in [0.25, 0.3) is 0 Å². The number of rotatable bonds is 5. The molecule has 2 heteroatoms. The molecule has 1 aliphatic rings. The van der Waals surface area contributed by atoms with Crippen molar-refractivity contribution in [3.63, 3.8) is 0 Å². The minimum absolute atomic E-state index is 0.0313. The molecule has 0 bridgehead atoms. The first kappa shape index (κ1) is 12.7. The van der Waals surface area contributed by atoms with Crippen LogP contribution >= 0.6 is 0 Å². The molecule has 0 saturated heterocycles. The molecule has 0 aromatic heterocycles. The van der Waals surface area contributed by atoms with Crippen LogP contribution in [0.3, 0.4) is 0 Å². The summed E-state index contributed by atoms with van der Waals surface area (Å²) >= 11 is 0. The lowest BCUT2D eigenvalue weighted by Crippen LogP contribution is -2.42. The van der Waals surface area contributed by atoms with E-state index >= 15 is 0 Å². The lowest BCUT2D eigenvalue weighted by molar-refractivity contribution is -0.119. The Morgan fingerprint density at radius 1 is 1.33 bits per heavy atom. The molecule has 0 amide bonds. The molecule has 0 aliphatic heterocycles. The molecule has 1 rings (SSSR count). The Labute approximate surface area is 94.0 Å². The zero-order chi connectivity index (χ0) is 11.3. The van der Waals surface area contributed by atoms with E-state index in [0.717, 1.165) is 25.8 Å². The molecule has 1 fully saturated rings. The van der Waals surface area contributed by atoms with Gasteiger partial charge in [-0.1, -0.05) is 26.2 Å². The molecule has 0 aromatic rings. The van der Waals surface area contributed by atoms with Crippen molar-refractivity contribution in [3.8, 4) is 0 Å². The second kappa shape index (κ2) is 5.64. The van der Waals surface area contributed by atoms with Crippen LogP contribution in [0.2, 0.25) is 0 Å². The highest BCUT2D eigenvalue weighted by Crippen LogP contribution is 2.35. The third-order valence-electron chi connectivity index (χ3n) is 4.01. The van der Waals surface area contributed by atoms with Gasteiger partial charge in [-0.3, -0.25) is 0 Å². The number of hydrogen-bond donors (Lipinski definition) is 0. The molecular formula is C13H25NO. The Bertz CT molecular complexity index is 197. The first-order valence-corrected chi connectivity index (χ1v) is 6.30. The molecule has 1 unspecified atom stereocenters. The Balaban J connectivity index is 2.54. The Hall–Kier alpha value is -0.370. The highest BCUT2D eigenvalue weighted by atomic mass is 16.1. The number of carbonyl (C=O) groups excluding carboxylic acids is 1. The van der Waals surface area contributed by atoms with E-state index in [1.54, 1.807) is 0 Å². The Kier molecular flexibility index (Phi) is 4.78. The van der Waals surface area contributed by atoms with Gasteiger partial charge < -0.3 is 9.69 Å². The fourth-order valence-electron chi connectivity index (χ4n) is 2.53. The lowest BCUT2D eigenvalue weighted by atomic mass is 9.75. The highest BCUT2D eigenvalue weighted by molar-refractivity contribution is 5.60. The molecular weight excluding hydrogens is 186 g/mol. The minimum atomic E-state index is -0.0313. The second-order valence-corrected chi connectivity index (χ2v) is 5.21.